The molecule has 0 aromatic heterocycles. The van der Waals surface area contributed by atoms with Crippen molar-refractivity contribution in [3.05, 3.63) is 29.8 Å². The van der Waals surface area contributed by atoms with E-state index in [2.05, 4.69) is 0 Å². The second kappa shape index (κ2) is 5.10. The van der Waals surface area contributed by atoms with Crippen LogP contribution in [0.25, 0.3) is 0 Å². The number of benzene rings is 1. The Morgan fingerprint density at radius 2 is 2.00 bits per heavy atom. The van der Waals surface area contributed by atoms with Crippen LogP contribution in [-0.2, 0) is 14.5 Å². The topological polar surface area (TPSA) is 43.4 Å². The summed E-state index contributed by atoms with van der Waals surface area (Å²) in [7, 11) is 3.57. The fourth-order valence-corrected chi connectivity index (χ4v) is 4.59. The maximum atomic E-state index is 11.5. The van der Waals surface area contributed by atoms with Gasteiger partial charge in [-0.15, -0.1) is 0 Å². The van der Waals surface area contributed by atoms with Gasteiger partial charge in [-0.2, -0.15) is 0 Å². The van der Waals surface area contributed by atoms with Crippen molar-refractivity contribution in [1.29, 1.82) is 0 Å². The van der Waals surface area contributed by atoms with Gasteiger partial charge in [0.05, 0.1) is 12.9 Å². The first kappa shape index (κ1) is 13.7. The minimum atomic E-state index is -3.50. The summed E-state index contributed by atoms with van der Waals surface area (Å²) in [6.45, 7) is 0. The molecule has 0 spiro atoms. The standard InChI is InChI=1S/C13H17ClO3S/c1-17-12-6-4-5-11(9-12)13(7-2-3-8-13)10-18(14,15)16/h4-6,9H,2-3,7-8,10H2,1H3. The van der Waals surface area contributed by atoms with Gasteiger partial charge in [-0.1, -0.05) is 25.0 Å². The van der Waals surface area contributed by atoms with Gasteiger partial charge in [0.15, 0.2) is 0 Å². The summed E-state index contributed by atoms with van der Waals surface area (Å²) in [6.07, 6.45) is 3.82. The van der Waals surface area contributed by atoms with E-state index in [0.717, 1.165) is 37.0 Å². The molecule has 18 heavy (non-hydrogen) atoms. The molecule has 1 saturated carbocycles. The monoisotopic (exact) mass is 288 g/mol. The second-order valence-corrected chi connectivity index (χ2v) is 7.68. The molecule has 0 radical (unpaired) electrons. The number of rotatable bonds is 4. The molecule has 1 fully saturated rings. The van der Waals surface area contributed by atoms with Crippen LogP contribution in [-0.4, -0.2) is 21.3 Å². The maximum Gasteiger partial charge on any atom is 0.233 e. The van der Waals surface area contributed by atoms with Crippen LogP contribution in [0.4, 0.5) is 0 Å². The van der Waals surface area contributed by atoms with Crippen molar-refractivity contribution in [3.63, 3.8) is 0 Å². The first-order valence-corrected chi connectivity index (χ1v) is 8.50. The molecule has 0 aliphatic heterocycles. The average Bonchev–Trinajstić information content (AvgIpc) is 2.76. The summed E-state index contributed by atoms with van der Waals surface area (Å²) in [6, 6.07) is 7.65. The zero-order valence-electron chi connectivity index (χ0n) is 10.4. The lowest BCUT2D eigenvalue weighted by atomic mass is 9.81. The molecule has 0 amide bonds. The molecule has 100 valence electrons. The van der Waals surface area contributed by atoms with Crippen molar-refractivity contribution in [2.24, 2.45) is 0 Å². The minimum Gasteiger partial charge on any atom is -0.497 e. The first-order valence-electron chi connectivity index (χ1n) is 6.02. The van der Waals surface area contributed by atoms with E-state index >= 15 is 0 Å². The summed E-state index contributed by atoms with van der Waals surface area (Å²) in [4.78, 5) is 0. The Kier molecular flexibility index (Phi) is 3.87. The summed E-state index contributed by atoms with van der Waals surface area (Å²) in [5.41, 5.74) is 0.679. The Hall–Kier alpha value is -0.740. The third-order valence-electron chi connectivity index (χ3n) is 3.69. The van der Waals surface area contributed by atoms with E-state index in [-0.39, 0.29) is 11.2 Å². The predicted molar refractivity (Wildman–Crippen MR) is 72.8 cm³/mol. The maximum absolute atomic E-state index is 11.5. The molecule has 1 aliphatic carbocycles. The van der Waals surface area contributed by atoms with E-state index in [9.17, 15) is 8.42 Å². The van der Waals surface area contributed by atoms with Crippen LogP contribution >= 0.6 is 10.7 Å². The summed E-state index contributed by atoms with van der Waals surface area (Å²) in [5, 5.41) is 0. The van der Waals surface area contributed by atoms with Gasteiger partial charge in [0.1, 0.15) is 5.75 Å². The zero-order chi connectivity index (χ0) is 13.2. The molecule has 0 unspecified atom stereocenters. The molecule has 3 nitrogen and oxygen atoms in total. The Labute approximate surface area is 113 Å². The highest BCUT2D eigenvalue weighted by atomic mass is 35.7. The number of hydrogen-bond acceptors (Lipinski definition) is 3. The summed E-state index contributed by atoms with van der Waals surface area (Å²) < 4.78 is 28.1. The molecule has 0 bridgehead atoms. The lowest BCUT2D eigenvalue weighted by molar-refractivity contribution is 0.410. The van der Waals surface area contributed by atoms with Gasteiger partial charge in [-0.25, -0.2) is 8.42 Å². The first-order chi connectivity index (χ1) is 8.45. The molecular weight excluding hydrogens is 272 g/mol. The van der Waals surface area contributed by atoms with Crippen molar-refractivity contribution in [1.82, 2.24) is 0 Å². The van der Waals surface area contributed by atoms with Crippen LogP contribution in [0.5, 0.6) is 5.75 Å². The van der Waals surface area contributed by atoms with Crippen molar-refractivity contribution >= 4 is 19.7 Å². The molecule has 1 aliphatic rings. The molecule has 2 rings (SSSR count). The van der Waals surface area contributed by atoms with Crippen LogP contribution in [0.1, 0.15) is 31.2 Å². The molecule has 0 N–H and O–H groups in total. The largest absolute Gasteiger partial charge is 0.497 e. The van der Waals surface area contributed by atoms with Gasteiger partial charge in [-0.3, -0.25) is 0 Å². The van der Waals surface area contributed by atoms with Gasteiger partial charge in [-0.05, 0) is 30.5 Å². The van der Waals surface area contributed by atoms with Crippen molar-refractivity contribution < 1.29 is 13.2 Å². The molecule has 0 heterocycles. The van der Waals surface area contributed by atoms with E-state index in [0.29, 0.717) is 0 Å². The molecule has 1 aromatic carbocycles. The van der Waals surface area contributed by atoms with E-state index < -0.39 is 9.05 Å². The van der Waals surface area contributed by atoms with E-state index in [1.165, 1.54) is 0 Å². The SMILES string of the molecule is COc1cccc(C2(CS(=O)(=O)Cl)CCCC2)c1. The fraction of sp³-hybridized carbons (Fsp3) is 0.538. The lowest BCUT2D eigenvalue weighted by Crippen LogP contribution is -2.30. The molecular formula is C13H17ClO3S. The fourth-order valence-electron chi connectivity index (χ4n) is 2.85. The van der Waals surface area contributed by atoms with Crippen LogP contribution in [0, 0.1) is 0 Å². The predicted octanol–water partition coefficient (Wildman–Crippen LogP) is 3.08. The van der Waals surface area contributed by atoms with Crippen molar-refractivity contribution in [3.8, 4) is 5.75 Å². The zero-order valence-corrected chi connectivity index (χ0v) is 11.9. The van der Waals surface area contributed by atoms with E-state index in [4.69, 9.17) is 15.4 Å². The quantitative estimate of drug-likeness (QED) is 0.800. The highest BCUT2D eigenvalue weighted by molar-refractivity contribution is 8.13. The number of ether oxygens (including phenoxy) is 1. The van der Waals surface area contributed by atoms with Gasteiger partial charge in [0.2, 0.25) is 9.05 Å². The summed E-state index contributed by atoms with van der Waals surface area (Å²) >= 11 is 0. The normalized spacial score (nSPS) is 18.8. The molecule has 5 heteroatoms. The minimum absolute atomic E-state index is 0.00865. The lowest BCUT2D eigenvalue weighted by Gasteiger charge is -2.28. The molecule has 1 aromatic rings. The summed E-state index contributed by atoms with van der Waals surface area (Å²) in [5.74, 6) is 0.764. The van der Waals surface area contributed by atoms with Gasteiger partial charge in [0.25, 0.3) is 0 Å². The number of hydrogen-bond donors (Lipinski definition) is 0. The Bertz CT molecular complexity index is 519. The third kappa shape index (κ3) is 2.98. The number of methoxy groups -OCH3 is 1. The smallest absolute Gasteiger partial charge is 0.233 e. The third-order valence-corrected chi connectivity index (χ3v) is 4.92. The van der Waals surface area contributed by atoms with Crippen molar-refractivity contribution in [2.45, 2.75) is 31.1 Å². The average molecular weight is 289 g/mol. The Morgan fingerprint density at radius 3 is 2.56 bits per heavy atom. The highest BCUT2D eigenvalue weighted by Crippen LogP contribution is 2.43. The molecule has 0 saturated heterocycles. The van der Waals surface area contributed by atoms with Crippen LogP contribution in [0.15, 0.2) is 24.3 Å². The van der Waals surface area contributed by atoms with Crippen LogP contribution in [0.2, 0.25) is 0 Å². The van der Waals surface area contributed by atoms with Crippen LogP contribution in [0.3, 0.4) is 0 Å². The number of halogens is 1. The Morgan fingerprint density at radius 1 is 1.33 bits per heavy atom. The van der Waals surface area contributed by atoms with Gasteiger partial charge in [0, 0.05) is 16.1 Å². The van der Waals surface area contributed by atoms with E-state index in [1.54, 1.807) is 7.11 Å². The van der Waals surface area contributed by atoms with Gasteiger partial charge < -0.3 is 4.74 Å². The van der Waals surface area contributed by atoms with Crippen LogP contribution < -0.4 is 4.74 Å². The van der Waals surface area contributed by atoms with Crippen molar-refractivity contribution in [2.75, 3.05) is 12.9 Å². The highest BCUT2D eigenvalue weighted by Gasteiger charge is 2.39. The second-order valence-electron chi connectivity index (χ2n) is 4.90. The van der Waals surface area contributed by atoms with Gasteiger partial charge >= 0.3 is 0 Å². The Balaban J connectivity index is 2.40. The molecule has 0 atom stereocenters. The van der Waals surface area contributed by atoms with E-state index in [1.807, 2.05) is 24.3 Å².